The molecule has 0 atom stereocenters. The minimum absolute atomic E-state index is 0.190. The van der Waals surface area contributed by atoms with E-state index in [1.165, 1.54) is 6.07 Å². The van der Waals surface area contributed by atoms with Gasteiger partial charge in [0.15, 0.2) is 0 Å². The second-order valence-electron chi connectivity index (χ2n) is 3.68. The first-order valence-electron chi connectivity index (χ1n) is 5.23. The number of carboxylic acids is 1. The van der Waals surface area contributed by atoms with Gasteiger partial charge in [0.2, 0.25) is 0 Å². The van der Waals surface area contributed by atoms with Crippen molar-refractivity contribution in [3.05, 3.63) is 59.0 Å². The second-order valence-corrected chi connectivity index (χ2v) is 3.68. The van der Waals surface area contributed by atoms with E-state index in [4.69, 9.17) is 9.52 Å². The lowest BCUT2D eigenvalue weighted by atomic mass is 10.2. The number of hydrogen-bond donors (Lipinski definition) is 1. The van der Waals surface area contributed by atoms with Crippen LogP contribution < -0.4 is 0 Å². The van der Waals surface area contributed by atoms with Crippen LogP contribution in [0.1, 0.15) is 27.4 Å². The van der Waals surface area contributed by atoms with Crippen LogP contribution >= 0.6 is 0 Å². The highest BCUT2D eigenvalue weighted by molar-refractivity contribution is 5.92. The zero-order valence-corrected chi connectivity index (χ0v) is 9.38. The van der Waals surface area contributed by atoms with Crippen LogP contribution in [0.5, 0.6) is 0 Å². The molecule has 3 heteroatoms. The Bertz CT molecular complexity index is 550. The van der Waals surface area contributed by atoms with Crippen molar-refractivity contribution in [2.75, 3.05) is 0 Å². The summed E-state index contributed by atoms with van der Waals surface area (Å²) in [4.78, 5) is 11.0. The number of aromatic carboxylic acids is 1. The predicted molar refractivity (Wildman–Crippen MR) is 65.8 cm³/mol. The molecule has 0 aliphatic carbocycles. The van der Waals surface area contributed by atoms with Crippen LogP contribution in [0.2, 0.25) is 0 Å². The van der Waals surface area contributed by atoms with Crippen LogP contribution in [-0.2, 0) is 0 Å². The Balaban J connectivity index is 2.30. The van der Waals surface area contributed by atoms with Gasteiger partial charge >= 0.3 is 5.97 Å². The molecular weight excluding hydrogens is 216 g/mol. The average molecular weight is 228 g/mol. The third kappa shape index (κ3) is 2.64. The Morgan fingerprint density at radius 3 is 2.59 bits per heavy atom. The summed E-state index contributed by atoms with van der Waals surface area (Å²) in [5.41, 5.74) is 1.19. The highest BCUT2D eigenvalue weighted by Gasteiger charge is 2.12. The van der Waals surface area contributed by atoms with E-state index >= 15 is 0 Å². The van der Waals surface area contributed by atoms with Crippen molar-refractivity contribution >= 4 is 18.1 Å². The third-order valence-electron chi connectivity index (χ3n) is 2.34. The first-order chi connectivity index (χ1) is 8.16. The summed E-state index contributed by atoms with van der Waals surface area (Å²) in [5.74, 6) is -0.0106. The lowest BCUT2D eigenvalue weighted by molar-refractivity contribution is 0.0696. The standard InChI is InChI=1S/C14H12O3/c1-10-9-12(14(15)16)13(17-10)8-7-11-5-3-2-4-6-11/h2-9H,1H3,(H,15,16)/b8-7+. The normalized spacial score (nSPS) is 10.9. The number of benzene rings is 1. The molecule has 1 aromatic carbocycles. The van der Waals surface area contributed by atoms with E-state index in [0.29, 0.717) is 11.5 Å². The average Bonchev–Trinajstić information content (AvgIpc) is 2.69. The largest absolute Gasteiger partial charge is 0.478 e. The summed E-state index contributed by atoms with van der Waals surface area (Å²) in [6.07, 6.45) is 3.50. The van der Waals surface area contributed by atoms with E-state index in [1.54, 1.807) is 13.0 Å². The van der Waals surface area contributed by atoms with Crippen molar-refractivity contribution in [2.45, 2.75) is 6.92 Å². The molecule has 0 aliphatic rings. The SMILES string of the molecule is Cc1cc(C(=O)O)c(/C=C/c2ccccc2)o1. The molecule has 0 saturated heterocycles. The summed E-state index contributed by atoms with van der Waals surface area (Å²) in [6.45, 7) is 1.73. The molecule has 1 heterocycles. The molecular formula is C14H12O3. The van der Waals surface area contributed by atoms with Crippen molar-refractivity contribution in [1.29, 1.82) is 0 Å². The van der Waals surface area contributed by atoms with Gasteiger partial charge in [-0.05, 0) is 24.6 Å². The molecule has 2 rings (SSSR count). The van der Waals surface area contributed by atoms with Crippen LogP contribution in [0, 0.1) is 6.92 Å². The minimum Gasteiger partial charge on any atom is -0.478 e. The van der Waals surface area contributed by atoms with Crippen molar-refractivity contribution in [3.8, 4) is 0 Å². The van der Waals surface area contributed by atoms with Crippen LogP contribution in [0.15, 0.2) is 40.8 Å². The highest BCUT2D eigenvalue weighted by Crippen LogP contribution is 2.18. The molecule has 1 N–H and O–H groups in total. The maximum atomic E-state index is 11.0. The van der Waals surface area contributed by atoms with Gasteiger partial charge in [0.1, 0.15) is 17.1 Å². The van der Waals surface area contributed by atoms with Crippen molar-refractivity contribution < 1.29 is 14.3 Å². The highest BCUT2D eigenvalue weighted by atomic mass is 16.4. The Labute approximate surface area is 99.0 Å². The molecule has 86 valence electrons. The molecule has 0 saturated carbocycles. The first-order valence-corrected chi connectivity index (χ1v) is 5.23. The maximum absolute atomic E-state index is 11.0. The van der Waals surface area contributed by atoms with Gasteiger partial charge in [-0.1, -0.05) is 36.4 Å². The number of rotatable bonds is 3. The van der Waals surface area contributed by atoms with Gasteiger partial charge in [0, 0.05) is 0 Å². The van der Waals surface area contributed by atoms with Gasteiger partial charge in [0.05, 0.1) is 0 Å². The van der Waals surface area contributed by atoms with Crippen molar-refractivity contribution in [1.82, 2.24) is 0 Å². The monoisotopic (exact) mass is 228 g/mol. The summed E-state index contributed by atoms with van der Waals surface area (Å²) in [5, 5.41) is 8.98. The Hall–Kier alpha value is -2.29. The Morgan fingerprint density at radius 1 is 1.24 bits per heavy atom. The summed E-state index contributed by atoms with van der Waals surface area (Å²) < 4.78 is 5.33. The topological polar surface area (TPSA) is 50.4 Å². The molecule has 17 heavy (non-hydrogen) atoms. The maximum Gasteiger partial charge on any atom is 0.339 e. The smallest absolute Gasteiger partial charge is 0.339 e. The summed E-state index contributed by atoms with van der Waals surface area (Å²) >= 11 is 0. The van der Waals surface area contributed by atoms with Gasteiger partial charge in [-0.15, -0.1) is 0 Å². The second kappa shape index (κ2) is 4.70. The van der Waals surface area contributed by atoms with Crippen LogP contribution in [0.4, 0.5) is 0 Å². The number of furan rings is 1. The van der Waals surface area contributed by atoms with Gasteiger partial charge in [-0.25, -0.2) is 4.79 Å². The molecule has 3 nitrogen and oxygen atoms in total. The van der Waals surface area contributed by atoms with E-state index in [9.17, 15) is 4.79 Å². The fraction of sp³-hybridized carbons (Fsp3) is 0.0714. The Morgan fingerprint density at radius 2 is 1.94 bits per heavy atom. The first kappa shape index (κ1) is 11.2. The zero-order valence-electron chi connectivity index (χ0n) is 9.38. The van der Waals surface area contributed by atoms with Crippen molar-refractivity contribution in [3.63, 3.8) is 0 Å². The summed E-state index contributed by atoms with van der Waals surface area (Å²) in [6, 6.07) is 11.2. The number of carboxylic acid groups (broad SMARTS) is 1. The lowest BCUT2D eigenvalue weighted by Crippen LogP contribution is -1.95. The van der Waals surface area contributed by atoms with Crippen LogP contribution in [-0.4, -0.2) is 11.1 Å². The minimum atomic E-state index is -0.977. The van der Waals surface area contributed by atoms with Crippen molar-refractivity contribution in [2.24, 2.45) is 0 Å². The van der Waals surface area contributed by atoms with Gasteiger partial charge in [-0.3, -0.25) is 0 Å². The Kier molecular flexibility index (Phi) is 3.10. The molecule has 0 amide bonds. The van der Waals surface area contributed by atoms with Gasteiger partial charge < -0.3 is 9.52 Å². The molecule has 1 aromatic heterocycles. The van der Waals surface area contributed by atoms with E-state index < -0.39 is 5.97 Å². The molecule has 0 aliphatic heterocycles. The van der Waals surface area contributed by atoms with E-state index in [2.05, 4.69) is 0 Å². The van der Waals surface area contributed by atoms with Crippen LogP contribution in [0.3, 0.4) is 0 Å². The molecule has 0 bridgehead atoms. The van der Waals surface area contributed by atoms with Crippen LogP contribution in [0.25, 0.3) is 12.2 Å². The number of carbonyl (C=O) groups is 1. The molecule has 2 aromatic rings. The quantitative estimate of drug-likeness (QED) is 0.875. The van der Waals surface area contributed by atoms with Gasteiger partial charge in [-0.2, -0.15) is 0 Å². The van der Waals surface area contributed by atoms with E-state index in [0.717, 1.165) is 5.56 Å². The summed E-state index contributed by atoms with van der Waals surface area (Å²) in [7, 11) is 0. The molecule has 0 spiro atoms. The zero-order chi connectivity index (χ0) is 12.3. The fourth-order valence-electron chi connectivity index (χ4n) is 1.56. The third-order valence-corrected chi connectivity index (χ3v) is 2.34. The molecule has 0 fully saturated rings. The predicted octanol–water partition coefficient (Wildman–Crippen LogP) is 3.46. The molecule has 0 radical (unpaired) electrons. The number of hydrogen-bond acceptors (Lipinski definition) is 2. The lowest BCUT2D eigenvalue weighted by Gasteiger charge is -1.92. The number of aryl methyl sites for hydroxylation is 1. The molecule has 0 unspecified atom stereocenters. The van der Waals surface area contributed by atoms with E-state index in [1.807, 2.05) is 36.4 Å². The van der Waals surface area contributed by atoms with Gasteiger partial charge in [0.25, 0.3) is 0 Å². The van der Waals surface area contributed by atoms with E-state index in [-0.39, 0.29) is 5.56 Å². The fourth-order valence-corrected chi connectivity index (χ4v) is 1.56.